The lowest BCUT2D eigenvalue weighted by Crippen LogP contribution is -2.56. The minimum Gasteiger partial charge on any atom is -0.312 e. The molecule has 3 fully saturated rings. The van der Waals surface area contributed by atoms with E-state index in [-0.39, 0.29) is 11.6 Å². The zero-order valence-corrected chi connectivity index (χ0v) is 18.7. The molecule has 5 aliphatic rings. The quantitative estimate of drug-likeness (QED) is 0.671. The molecule has 1 saturated carbocycles. The average Bonchev–Trinajstić information content (AvgIpc) is 3.03. The van der Waals surface area contributed by atoms with Crippen molar-refractivity contribution in [1.29, 1.82) is 0 Å². The van der Waals surface area contributed by atoms with Gasteiger partial charge in [0.15, 0.2) is 0 Å². The van der Waals surface area contributed by atoms with Crippen LogP contribution in [0.15, 0.2) is 41.4 Å². The summed E-state index contributed by atoms with van der Waals surface area (Å²) >= 11 is 0. The van der Waals surface area contributed by atoms with Crippen LogP contribution in [-0.2, 0) is 13.0 Å². The number of carbonyl (C=O) groups excluding carboxylic acids is 1. The Morgan fingerprint density at radius 2 is 1.77 bits per heavy atom. The predicted octanol–water partition coefficient (Wildman–Crippen LogP) is 4.67. The number of rotatable bonds is 1. The van der Waals surface area contributed by atoms with Crippen LogP contribution >= 0.6 is 0 Å². The first-order valence-corrected chi connectivity index (χ1v) is 12.3. The van der Waals surface area contributed by atoms with Crippen molar-refractivity contribution >= 4 is 11.9 Å². The summed E-state index contributed by atoms with van der Waals surface area (Å²) in [6.07, 6.45) is 15.7. The number of nitrogens with zero attached hydrogens (tertiary/aromatic N) is 3. The number of hydrogen-bond acceptors (Lipinski definition) is 3. The number of nitrogens with one attached hydrogen (secondary N) is 1. The molecule has 1 aliphatic carbocycles. The van der Waals surface area contributed by atoms with E-state index in [0.717, 1.165) is 64.1 Å². The van der Waals surface area contributed by atoms with E-state index in [1.807, 2.05) is 0 Å². The van der Waals surface area contributed by atoms with Gasteiger partial charge in [0.05, 0.1) is 6.04 Å². The summed E-state index contributed by atoms with van der Waals surface area (Å²) in [6.45, 7) is 3.83. The molecule has 1 spiro atoms. The lowest BCUT2D eigenvalue weighted by atomic mass is 9.84. The van der Waals surface area contributed by atoms with Gasteiger partial charge in [0, 0.05) is 26.2 Å². The van der Waals surface area contributed by atoms with E-state index in [9.17, 15) is 4.79 Å². The lowest BCUT2D eigenvalue weighted by molar-refractivity contribution is 0.0989. The van der Waals surface area contributed by atoms with Crippen molar-refractivity contribution in [3.8, 4) is 0 Å². The zero-order chi connectivity index (χ0) is 21.1. The monoisotopic (exact) mass is 420 g/mol. The van der Waals surface area contributed by atoms with Crippen molar-refractivity contribution in [2.75, 3.05) is 19.6 Å². The molecule has 4 heterocycles. The number of amidine groups is 1. The van der Waals surface area contributed by atoms with Gasteiger partial charge in [0.2, 0.25) is 0 Å². The number of amides is 2. The molecule has 2 amide bonds. The Balaban J connectivity index is 1.42. The highest BCUT2D eigenvalue weighted by atomic mass is 16.2. The van der Waals surface area contributed by atoms with Gasteiger partial charge >= 0.3 is 6.03 Å². The number of fused-ring (bicyclic) bond motifs is 6. The lowest BCUT2D eigenvalue weighted by Gasteiger charge is -2.44. The molecule has 0 radical (unpaired) electrons. The third-order valence-electron chi connectivity index (χ3n) is 7.67. The second-order valence-electron chi connectivity index (χ2n) is 9.80. The van der Waals surface area contributed by atoms with E-state index < -0.39 is 0 Å². The number of hydrogen-bond donors (Lipinski definition) is 1. The van der Waals surface area contributed by atoms with Crippen molar-refractivity contribution in [3.63, 3.8) is 0 Å². The Morgan fingerprint density at radius 3 is 2.61 bits per heavy atom. The minimum atomic E-state index is -0.225. The molecule has 5 heteroatoms. The van der Waals surface area contributed by atoms with Crippen LogP contribution in [0.1, 0.15) is 68.9 Å². The van der Waals surface area contributed by atoms with Gasteiger partial charge in [-0.1, -0.05) is 55.7 Å². The second-order valence-corrected chi connectivity index (χ2v) is 9.80. The van der Waals surface area contributed by atoms with Gasteiger partial charge in [-0.05, 0) is 56.1 Å². The fraction of sp³-hybridized carbons (Fsp3) is 0.615. The highest BCUT2D eigenvalue weighted by Gasteiger charge is 2.52. The van der Waals surface area contributed by atoms with Crippen LogP contribution in [0.4, 0.5) is 4.79 Å². The van der Waals surface area contributed by atoms with E-state index >= 15 is 0 Å². The first kappa shape index (κ1) is 20.7. The van der Waals surface area contributed by atoms with E-state index in [1.165, 1.54) is 43.2 Å². The van der Waals surface area contributed by atoms with Crippen molar-refractivity contribution < 1.29 is 4.79 Å². The Labute approximate surface area is 186 Å². The number of urea groups is 1. The summed E-state index contributed by atoms with van der Waals surface area (Å²) in [5.74, 6) is 0.978. The maximum absolute atomic E-state index is 13.1. The third-order valence-corrected chi connectivity index (χ3v) is 7.67. The summed E-state index contributed by atoms with van der Waals surface area (Å²) in [6, 6.07) is 9.49. The SMILES string of the molecule is O=C1NC(=NC2CCCCC2)C23CCN(CC2)Cc2cccc(c2)CC=CCCCN13. The maximum atomic E-state index is 13.1. The van der Waals surface area contributed by atoms with E-state index in [0.29, 0.717) is 6.04 Å². The molecule has 1 aromatic carbocycles. The molecule has 6 rings (SSSR count). The van der Waals surface area contributed by atoms with E-state index in [4.69, 9.17) is 4.99 Å². The summed E-state index contributed by atoms with van der Waals surface area (Å²) in [7, 11) is 0. The molecule has 1 N–H and O–H groups in total. The molecule has 2 saturated heterocycles. The van der Waals surface area contributed by atoms with Gasteiger partial charge in [0.25, 0.3) is 0 Å². The highest BCUT2D eigenvalue weighted by Crippen LogP contribution is 2.36. The molecule has 0 atom stereocenters. The zero-order valence-electron chi connectivity index (χ0n) is 18.7. The number of benzene rings is 1. The molecule has 166 valence electrons. The second kappa shape index (κ2) is 9.15. The fourth-order valence-corrected chi connectivity index (χ4v) is 5.87. The smallest absolute Gasteiger partial charge is 0.312 e. The fourth-order valence-electron chi connectivity index (χ4n) is 5.87. The van der Waals surface area contributed by atoms with Crippen molar-refractivity contribution in [2.24, 2.45) is 4.99 Å². The predicted molar refractivity (Wildman–Crippen MR) is 125 cm³/mol. The number of allylic oxidation sites excluding steroid dienone is 2. The maximum Gasteiger partial charge on any atom is 0.323 e. The number of carbonyl (C=O) groups is 1. The summed E-state index contributed by atoms with van der Waals surface area (Å²) < 4.78 is 0. The largest absolute Gasteiger partial charge is 0.323 e. The van der Waals surface area contributed by atoms with Gasteiger partial charge in [-0.2, -0.15) is 0 Å². The molecular weight excluding hydrogens is 384 g/mol. The van der Waals surface area contributed by atoms with Crippen LogP contribution in [-0.4, -0.2) is 52.9 Å². The van der Waals surface area contributed by atoms with Crippen LogP contribution in [0.3, 0.4) is 0 Å². The molecular formula is C26H36N4O. The van der Waals surface area contributed by atoms with Crippen molar-refractivity contribution in [1.82, 2.24) is 15.1 Å². The normalized spacial score (nSPS) is 31.2. The van der Waals surface area contributed by atoms with Gasteiger partial charge in [-0.3, -0.25) is 15.2 Å². The molecule has 1 aromatic rings. The molecule has 4 bridgehead atoms. The van der Waals surface area contributed by atoms with Crippen LogP contribution in [0, 0.1) is 0 Å². The standard InChI is InChI=1S/C26H36N4O/c31-25-28-24(27-23-12-5-3-6-13-23)26-14-17-29(18-15-26)20-22-11-8-10-21(19-22)9-4-1-2-7-16-30(25)26/h1,4,8,10-11,19,23H,2-3,5-7,9,12-18,20H2,(H,27,28,31). The van der Waals surface area contributed by atoms with Crippen LogP contribution in [0.2, 0.25) is 0 Å². The van der Waals surface area contributed by atoms with Crippen molar-refractivity contribution in [2.45, 2.75) is 82.3 Å². The first-order chi connectivity index (χ1) is 15.2. The van der Waals surface area contributed by atoms with Gasteiger partial charge in [-0.25, -0.2) is 4.79 Å². The summed E-state index contributed by atoms with van der Waals surface area (Å²) in [5, 5.41) is 3.23. The Hall–Kier alpha value is -2.14. The molecule has 5 nitrogen and oxygen atoms in total. The summed E-state index contributed by atoms with van der Waals surface area (Å²) in [5.41, 5.74) is 2.56. The van der Waals surface area contributed by atoms with E-state index in [2.05, 4.69) is 51.5 Å². The molecule has 0 aromatic heterocycles. The average molecular weight is 421 g/mol. The Kier molecular flexibility index (Phi) is 6.13. The Bertz CT molecular complexity index is 847. The summed E-state index contributed by atoms with van der Waals surface area (Å²) in [4.78, 5) is 22.9. The van der Waals surface area contributed by atoms with Crippen LogP contribution < -0.4 is 5.32 Å². The minimum absolute atomic E-state index is 0.0722. The van der Waals surface area contributed by atoms with Gasteiger partial charge in [-0.15, -0.1) is 0 Å². The molecule has 31 heavy (non-hydrogen) atoms. The number of aliphatic imine (C=N–C) groups is 1. The van der Waals surface area contributed by atoms with Crippen LogP contribution in [0.25, 0.3) is 0 Å². The van der Waals surface area contributed by atoms with Gasteiger partial charge < -0.3 is 4.90 Å². The first-order valence-electron chi connectivity index (χ1n) is 12.3. The molecule has 4 aliphatic heterocycles. The molecule has 0 unspecified atom stereocenters. The highest BCUT2D eigenvalue weighted by molar-refractivity contribution is 6.10. The topological polar surface area (TPSA) is 47.9 Å². The van der Waals surface area contributed by atoms with Crippen LogP contribution in [0.5, 0.6) is 0 Å². The van der Waals surface area contributed by atoms with Crippen molar-refractivity contribution in [3.05, 3.63) is 47.5 Å². The third kappa shape index (κ3) is 4.43. The van der Waals surface area contributed by atoms with E-state index in [1.54, 1.807) is 0 Å². The number of piperidine rings is 1. The Morgan fingerprint density at radius 1 is 0.968 bits per heavy atom. The van der Waals surface area contributed by atoms with Gasteiger partial charge in [0.1, 0.15) is 11.4 Å².